The Bertz CT molecular complexity index is 1060. The van der Waals surface area contributed by atoms with E-state index in [2.05, 4.69) is 20.3 Å². The fraction of sp³-hybridized carbons (Fsp3) is 0.294. The summed E-state index contributed by atoms with van der Waals surface area (Å²) in [6, 6.07) is 5.92. The van der Waals surface area contributed by atoms with E-state index in [1.807, 2.05) is 26.0 Å². The number of nitrogens with zero attached hydrogens (tertiary/aromatic N) is 3. The number of aromatic nitrogens is 4. The zero-order chi connectivity index (χ0) is 16.8. The Labute approximate surface area is 137 Å². The van der Waals surface area contributed by atoms with E-state index in [0.29, 0.717) is 17.7 Å². The first-order chi connectivity index (χ1) is 11.5. The van der Waals surface area contributed by atoms with Crippen molar-refractivity contribution in [3.05, 3.63) is 56.4 Å². The number of benzene rings is 1. The van der Waals surface area contributed by atoms with Crippen LogP contribution in [-0.4, -0.2) is 25.6 Å². The zero-order valence-electron chi connectivity index (χ0n) is 13.5. The summed E-state index contributed by atoms with van der Waals surface area (Å²) in [7, 11) is 0. The van der Waals surface area contributed by atoms with E-state index in [4.69, 9.17) is 0 Å². The van der Waals surface area contributed by atoms with Crippen LogP contribution in [0, 0.1) is 13.8 Å². The molecule has 0 radical (unpaired) electrons. The molecule has 1 fully saturated rings. The van der Waals surface area contributed by atoms with E-state index in [1.165, 1.54) is 6.20 Å². The van der Waals surface area contributed by atoms with Crippen molar-refractivity contribution in [1.29, 1.82) is 0 Å². The molecule has 0 unspecified atom stereocenters. The van der Waals surface area contributed by atoms with Crippen molar-refractivity contribution in [3.8, 4) is 5.69 Å². The highest BCUT2D eigenvalue weighted by Crippen LogP contribution is 2.23. The van der Waals surface area contributed by atoms with Gasteiger partial charge in [0.15, 0.2) is 5.65 Å². The van der Waals surface area contributed by atoms with Crippen LogP contribution in [0.4, 0.5) is 5.95 Å². The van der Waals surface area contributed by atoms with Crippen LogP contribution in [0.25, 0.3) is 16.7 Å². The molecule has 24 heavy (non-hydrogen) atoms. The van der Waals surface area contributed by atoms with Gasteiger partial charge >= 0.3 is 5.69 Å². The Morgan fingerprint density at radius 1 is 1.25 bits per heavy atom. The normalized spacial score (nSPS) is 14.1. The molecule has 2 heterocycles. The molecule has 2 aromatic heterocycles. The van der Waals surface area contributed by atoms with Crippen LogP contribution in [0.1, 0.15) is 24.0 Å². The van der Waals surface area contributed by atoms with Gasteiger partial charge < -0.3 is 5.32 Å². The molecular formula is C17H17N5O2. The van der Waals surface area contributed by atoms with Gasteiger partial charge in [0.25, 0.3) is 5.56 Å². The van der Waals surface area contributed by atoms with Crippen LogP contribution in [0.2, 0.25) is 0 Å². The first-order valence-corrected chi connectivity index (χ1v) is 7.90. The van der Waals surface area contributed by atoms with Gasteiger partial charge in [0.2, 0.25) is 5.95 Å². The van der Waals surface area contributed by atoms with Gasteiger partial charge in [-0.1, -0.05) is 12.1 Å². The van der Waals surface area contributed by atoms with Crippen molar-refractivity contribution >= 4 is 17.0 Å². The minimum atomic E-state index is -0.503. The molecule has 3 aromatic rings. The molecule has 1 aliphatic carbocycles. The number of anilines is 1. The van der Waals surface area contributed by atoms with Gasteiger partial charge in [0, 0.05) is 12.2 Å². The van der Waals surface area contributed by atoms with E-state index in [-0.39, 0.29) is 11.0 Å². The van der Waals surface area contributed by atoms with E-state index in [9.17, 15) is 9.59 Å². The average Bonchev–Trinajstić information content (AvgIpc) is 3.35. The van der Waals surface area contributed by atoms with E-state index < -0.39 is 11.2 Å². The van der Waals surface area contributed by atoms with Gasteiger partial charge in [-0.3, -0.25) is 9.78 Å². The summed E-state index contributed by atoms with van der Waals surface area (Å²) in [5.41, 5.74) is 1.81. The van der Waals surface area contributed by atoms with Gasteiger partial charge in [-0.05, 0) is 43.9 Å². The Kier molecular flexibility index (Phi) is 3.23. The summed E-state index contributed by atoms with van der Waals surface area (Å²) in [5, 5.41) is 3.45. The van der Waals surface area contributed by atoms with E-state index >= 15 is 0 Å². The number of aryl methyl sites for hydroxylation is 1. The second kappa shape index (κ2) is 5.30. The molecule has 1 aromatic carbocycles. The second-order valence-electron chi connectivity index (χ2n) is 6.16. The highest BCUT2D eigenvalue weighted by molar-refractivity contribution is 5.73. The number of nitrogens with one attached hydrogen (secondary N) is 2. The van der Waals surface area contributed by atoms with Gasteiger partial charge in [0.1, 0.15) is 5.39 Å². The smallest absolute Gasteiger partial charge is 0.334 e. The lowest BCUT2D eigenvalue weighted by Crippen LogP contribution is -2.34. The number of hydrogen-bond donors (Lipinski definition) is 2. The van der Waals surface area contributed by atoms with E-state index in [0.717, 1.165) is 28.5 Å². The lowest BCUT2D eigenvalue weighted by Gasteiger charge is -2.11. The summed E-state index contributed by atoms with van der Waals surface area (Å²) in [6.45, 7) is 3.83. The molecule has 2 N–H and O–H groups in total. The molecule has 7 nitrogen and oxygen atoms in total. The molecule has 1 saturated carbocycles. The van der Waals surface area contributed by atoms with Crippen molar-refractivity contribution in [2.75, 3.05) is 5.32 Å². The number of H-pyrrole nitrogens is 1. The molecule has 0 bridgehead atoms. The summed E-state index contributed by atoms with van der Waals surface area (Å²) in [6.07, 6.45) is 3.64. The monoisotopic (exact) mass is 323 g/mol. The first-order valence-electron chi connectivity index (χ1n) is 7.90. The van der Waals surface area contributed by atoms with Crippen LogP contribution < -0.4 is 16.6 Å². The molecule has 0 atom stereocenters. The maximum absolute atomic E-state index is 12.8. The maximum Gasteiger partial charge on any atom is 0.334 e. The average molecular weight is 323 g/mol. The number of rotatable bonds is 3. The fourth-order valence-corrected chi connectivity index (χ4v) is 2.68. The Hall–Kier alpha value is -2.96. The molecule has 1 aliphatic rings. The lowest BCUT2D eigenvalue weighted by molar-refractivity contribution is 0.882. The Morgan fingerprint density at radius 3 is 2.79 bits per heavy atom. The highest BCUT2D eigenvalue weighted by Gasteiger charge is 2.22. The van der Waals surface area contributed by atoms with Gasteiger partial charge in [0.05, 0.1) is 5.69 Å². The van der Waals surface area contributed by atoms with Crippen molar-refractivity contribution in [3.63, 3.8) is 0 Å². The van der Waals surface area contributed by atoms with Crippen LogP contribution in [0.15, 0.2) is 34.0 Å². The third-order valence-electron chi connectivity index (χ3n) is 4.38. The van der Waals surface area contributed by atoms with Gasteiger partial charge in [-0.25, -0.2) is 14.3 Å². The number of aromatic amines is 1. The van der Waals surface area contributed by atoms with Crippen LogP contribution in [-0.2, 0) is 0 Å². The third kappa shape index (κ3) is 2.38. The van der Waals surface area contributed by atoms with E-state index in [1.54, 1.807) is 6.07 Å². The Balaban J connectivity index is 1.92. The minimum Gasteiger partial charge on any atom is -0.351 e. The standard InChI is InChI=1S/C17H17N5O2/c1-9-4-3-5-13(10(9)2)22-15(23)12-8-18-16(19-11-6-7-11)20-14(12)21-17(22)24/h3-5,8,11H,6-7H2,1-2H3,(H2,18,19,20,21,24). The van der Waals surface area contributed by atoms with Crippen molar-refractivity contribution < 1.29 is 0 Å². The molecule has 122 valence electrons. The molecule has 0 saturated heterocycles. The molecule has 4 rings (SSSR count). The number of hydrogen-bond acceptors (Lipinski definition) is 5. The topological polar surface area (TPSA) is 92.7 Å². The Morgan fingerprint density at radius 2 is 2.04 bits per heavy atom. The van der Waals surface area contributed by atoms with Crippen molar-refractivity contribution in [2.45, 2.75) is 32.7 Å². The summed E-state index contributed by atoms with van der Waals surface area (Å²) >= 11 is 0. The summed E-state index contributed by atoms with van der Waals surface area (Å²) < 4.78 is 1.14. The van der Waals surface area contributed by atoms with Crippen LogP contribution in [0.5, 0.6) is 0 Å². The van der Waals surface area contributed by atoms with Gasteiger partial charge in [-0.15, -0.1) is 0 Å². The minimum absolute atomic E-state index is 0.254. The van der Waals surface area contributed by atoms with Crippen molar-refractivity contribution in [2.24, 2.45) is 0 Å². The summed E-state index contributed by atoms with van der Waals surface area (Å²) in [5.74, 6) is 0.435. The quantitative estimate of drug-likeness (QED) is 0.765. The zero-order valence-corrected chi connectivity index (χ0v) is 13.5. The van der Waals surface area contributed by atoms with Crippen LogP contribution in [0.3, 0.4) is 0 Å². The molecule has 0 amide bonds. The fourth-order valence-electron chi connectivity index (χ4n) is 2.68. The van der Waals surface area contributed by atoms with Crippen molar-refractivity contribution in [1.82, 2.24) is 19.5 Å². The predicted molar refractivity (Wildman–Crippen MR) is 91.9 cm³/mol. The van der Waals surface area contributed by atoms with Gasteiger partial charge in [-0.2, -0.15) is 4.98 Å². The molecule has 0 spiro atoms. The predicted octanol–water partition coefficient (Wildman–Crippen LogP) is 1.66. The molecule has 0 aliphatic heterocycles. The molecule has 7 heteroatoms. The SMILES string of the molecule is Cc1cccc(-n2c(=O)[nH]c3nc(NC4CC4)ncc3c2=O)c1C. The second-order valence-corrected chi connectivity index (χ2v) is 6.16. The molecular weight excluding hydrogens is 306 g/mol. The number of fused-ring (bicyclic) bond motifs is 1. The lowest BCUT2D eigenvalue weighted by atomic mass is 10.1. The highest BCUT2D eigenvalue weighted by atomic mass is 16.2. The summed E-state index contributed by atoms with van der Waals surface area (Å²) in [4.78, 5) is 36.4. The third-order valence-corrected chi connectivity index (χ3v) is 4.38. The maximum atomic E-state index is 12.8. The van der Waals surface area contributed by atoms with Crippen LogP contribution >= 0.6 is 0 Å². The largest absolute Gasteiger partial charge is 0.351 e. The first kappa shape index (κ1) is 14.6.